The van der Waals surface area contributed by atoms with E-state index in [1.54, 1.807) is 19.1 Å². The lowest BCUT2D eigenvalue weighted by Gasteiger charge is -2.31. The van der Waals surface area contributed by atoms with Crippen molar-refractivity contribution in [3.63, 3.8) is 0 Å². The third kappa shape index (κ3) is 3.39. The average Bonchev–Trinajstić information content (AvgIpc) is 2.27. The third-order valence-electron chi connectivity index (χ3n) is 2.66. The van der Waals surface area contributed by atoms with Crippen LogP contribution in [0.2, 0.25) is 0 Å². The molecular weight excluding hydrogens is 259 g/mol. The van der Waals surface area contributed by atoms with Crippen LogP contribution in [0.1, 0.15) is 19.4 Å². The molecule has 0 saturated carbocycles. The molecular formula is C13H16F3NO2. The van der Waals surface area contributed by atoms with E-state index >= 15 is 0 Å². The normalized spacial score (nSPS) is 14.6. The van der Waals surface area contributed by atoms with Gasteiger partial charge in [0.15, 0.2) is 0 Å². The molecule has 0 radical (unpaired) electrons. The Labute approximate surface area is 109 Å². The Morgan fingerprint density at radius 2 is 2.00 bits per heavy atom. The number of hydrogen-bond acceptors (Lipinski definition) is 3. The van der Waals surface area contributed by atoms with Gasteiger partial charge in [-0.25, -0.2) is 4.79 Å². The average molecular weight is 275 g/mol. The molecule has 0 spiro atoms. The van der Waals surface area contributed by atoms with Crippen LogP contribution in [0, 0.1) is 6.92 Å². The third-order valence-corrected chi connectivity index (χ3v) is 2.66. The van der Waals surface area contributed by atoms with Crippen molar-refractivity contribution in [2.75, 3.05) is 11.9 Å². The van der Waals surface area contributed by atoms with Crippen molar-refractivity contribution in [2.45, 2.75) is 32.5 Å². The van der Waals surface area contributed by atoms with Crippen LogP contribution in [0.3, 0.4) is 0 Å². The zero-order valence-electron chi connectivity index (χ0n) is 11.0. The number of esters is 1. The molecule has 0 fully saturated rings. The summed E-state index contributed by atoms with van der Waals surface area (Å²) in [6.45, 7) is 3.87. The summed E-state index contributed by atoms with van der Waals surface area (Å²) in [6.07, 6.45) is -4.76. The van der Waals surface area contributed by atoms with Crippen LogP contribution in [0.4, 0.5) is 18.9 Å². The first-order chi connectivity index (χ1) is 8.70. The van der Waals surface area contributed by atoms with Crippen LogP contribution in [0.5, 0.6) is 0 Å². The summed E-state index contributed by atoms with van der Waals surface area (Å²) in [5.41, 5.74) is -1.76. The zero-order chi connectivity index (χ0) is 14.7. The second-order valence-electron chi connectivity index (χ2n) is 4.34. The summed E-state index contributed by atoms with van der Waals surface area (Å²) < 4.78 is 43.8. The molecule has 0 aliphatic rings. The van der Waals surface area contributed by atoms with E-state index in [9.17, 15) is 18.0 Å². The van der Waals surface area contributed by atoms with Gasteiger partial charge in [0.2, 0.25) is 5.54 Å². The number of carbonyl (C=O) groups is 1. The molecule has 0 aliphatic heterocycles. The SMILES string of the molecule is CCOC(=O)C(C)(Nc1cccc(C)c1)C(F)(F)F. The van der Waals surface area contributed by atoms with Crippen molar-refractivity contribution in [1.29, 1.82) is 0 Å². The lowest BCUT2D eigenvalue weighted by molar-refractivity contribution is -0.196. The molecule has 1 unspecified atom stereocenters. The van der Waals surface area contributed by atoms with Crippen LogP contribution in [-0.2, 0) is 9.53 Å². The van der Waals surface area contributed by atoms with Crippen LogP contribution >= 0.6 is 0 Å². The van der Waals surface area contributed by atoms with E-state index in [0.717, 1.165) is 12.5 Å². The van der Waals surface area contributed by atoms with Gasteiger partial charge in [-0.05, 0) is 38.5 Å². The number of carbonyl (C=O) groups excluding carboxylic acids is 1. The molecule has 1 rings (SSSR count). The lowest BCUT2D eigenvalue weighted by atomic mass is 10.0. The first-order valence-corrected chi connectivity index (χ1v) is 5.79. The summed E-state index contributed by atoms with van der Waals surface area (Å²) in [5.74, 6) is -1.34. The zero-order valence-corrected chi connectivity index (χ0v) is 11.0. The summed E-state index contributed by atoms with van der Waals surface area (Å²) in [4.78, 5) is 11.6. The molecule has 106 valence electrons. The predicted molar refractivity (Wildman–Crippen MR) is 65.9 cm³/mol. The Balaban J connectivity index is 3.09. The van der Waals surface area contributed by atoms with Crippen molar-refractivity contribution in [2.24, 2.45) is 0 Å². The van der Waals surface area contributed by atoms with Crippen LogP contribution in [0.25, 0.3) is 0 Å². The largest absolute Gasteiger partial charge is 0.464 e. The molecule has 0 amide bonds. The summed E-state index contributed by atoms with van der Waals surface area (Å²) >= 11 is 0. The number of ether oxygens (including phenoxy) is 1. The van der Waals surface area contributed by atoms with E-state index in [1.165, 1.54) is 19.1 Å². The Morgan fingerprint density at radius 1 is 1.37 bits per heavy atom. The summed E-state index contributed by atoms with van der Waals surface area (Å²) in [5, 5.41) is 2.22. The molecule has 1 atom stereocenters. The molecule has 1 N–H and O–H groups in total. The van der Waals surface area contributed by atoms with Gasteiger partial charge in [0.25, 0.3) is 0 Å². The maximum Gasteiger partial charge on any atom is 0.422 e. The van der Waals surface area contributed by atoms with E-state index in [4.69, 9.17) is 0 Å². The second kappa shape index (κ2) is 5.50. The summed E-state index contributed by atoms with van der Waals surface area (Å²) in [6, 6.07) is 6.36. The number of hydrogen-bond donors (Lipinski definition) is 1. The van der Waals surface area contributed by atoms with E-state index < -0.39 is 17.7 Å². The van der Waals surface area contributed by atoms with Gasteiger partial charge in [-0.2, -0.15) is 13.2 Å². The molecule has 0 heterocycles. The molecule has 1 aromatic rings. The quantitative estimate of drug-likeness (QED) is 0.857. The fourth-order valence-electron chi connectivity index (χ4n) is 1.52. The van der Waals surface area contributed by atoms with E-state index in [1.807, 2.05) is 0 Å². The lowest BCUT2D eigenvalue weighted by Crippen LogP contribution is -2.56. The van der Waals surface area contributed by atoms with Crippen LogP contribution in [0.15, 0.2) is 24.3 Å². The predicted octanol–water partition coefficient (Wildman–Crippen LogP) is 3.29. The number of benzene rings is 1. The number of rotatable bonds is 4. The Bertz CT molecular complexity index is 459. The monoisotopic (exact) mass is 275 g/mol. The van der Waals surface area contributed by atoms with E-state index in [-0.39, 0.29) is 12.3 Å². The van der Waals surface area contributed by atoms with Gasteiger partial charge in [0.05, 0.1) is 6.61 Å². The minimum absolute atomic E-state index is 0.111. The van der Waals surface area contributed by atoms with E-state index in [0.29, 0.717) is 0 Å². The molecule has 0 bridgehead atoms. The van der Waals surface area contributed by atoms with Gasteiger partial charge in [-0.1, -0.05) is 12.1 Å². The first kappa shape index (κ1) is 15.3. The molecule has 3 nitrogen and oxygen atoms in total. The Morgan fingerprint density at radius 3 is 2.47 bits per heavy atom. The minimum atomic E-state index is -4.76. The topological polar surface area (TPSA) is 38.3 Å². The van der Waals surface area contributed by atoms with Gasteiger partial charge < -0.3 is 10.1 Å². The highest BCUT2D eigenvalue weighted by Gasteiger charge is 2.58. The fourth-order valence-corrected chi connectivity index (χ4v) is 1.52. The van der Waals surface area contributed by atoms with Crippen molar-refractivity contribution in [3.05, 3.63) is 29.8 Å². The highest BCUT2D eigenvalue weighted by molar-refractivity contribution is 5.85. The highest BCUT2D eigenvalue weighted by Crippen LogP contribution is 2.34. The van der Waals surface area contributed by atoms with Crippen molar-refractivity contribution in [3.8, 4) is 0 Å². The van der Waals surface area contributed by atoms with Crippen LogP contribution in [-0.4, -0.2) is 24.3 Å². The Kier molecular flexibility index (Phi) is 4.44. The van der Waals surface area contributed by atoms with Gasteiger partial charge in [0.1, 0.15) is 0 Å². The summed E-state index contributed by atoms with van der Waals surface area (Å²) in [7, 11) is 0. The van der Waals surface area contributed by atoms with E-state index in [2.05, 4.69) is 10.1 Å². The van der Waals surface area contributed by atoms with Gasteiger partial charge >= 0.3 is 12.1 Å². The number of nitrogens with one attached hydrogen (secondary N) is 1. The van der Waals surface area contributed by atoms with Crippen molar-refractivity contribution in [1.82, 2.24) is 0 Å². The molecule has 0 aromatic heterocycles. The maximum atomic E-state index is 13.1. The minimum Gasteiger partial charge on any atom is -0.464 e. The number of alkyl halides is 3. The first-order valence-electron chi connectivity index (χ1n) is 5.79. The molecule has 19 heavy (non-hydrogen) atoms. The van der Waals surface area contributed by atoms with Gasteiger partial charge in [0, 0.05) is 5.69 Å². The molecule has 0 saturated heterocycles. The van der Waals surface area contributed by atoms with Crippen LogP contribution < -0.4 is 5.32 Å². The smallest absolute Gasteiger partial charge is 0.422 e. The van der Waals surface area contributed by atoms with Gasteiger partial charge in [-0.15, -0.1) is 0 Å². The number of aryl methyl sites for hydroxylation is 1. The molecule has 0 aliphatic carbocycles. The van der Waals surface area contributed by atoms with Crippen molar-refractivity contribution < 1.29 is 22.7 Å². The highest BCUT2D eigenvalue weighted by atomic mass is 19.4. The number of anilines is 1. The molecule has 1 aromatic carbocycles. The Hall–Kier alpha value is -1.72. The maximum absolute atomic E-state index is 13.1. The fraction of sp³-hybridized carbons (Fsp3) is 0.462. The van der Waals surface area contributed by atoms with Crippen molar-refractivity contribution >= 4 is 11.7 Å². The number of halogens is 3. The standard InChI is InChI=1S/C13H16F3NO2/c1-4-19-11(18)12(3,13(14,15)16)17-10-7-5-6-9(2)8-10/h5-8,17H,4H2,1-3H3. The molecule has 6 heteroatoms. The second-order valence-corrected chi connectivity index (χ2v) is 4.34. The van der Waals surface area contributed by atoms with Gasteiger partial charge in [-0.3, -0.25) is 0 Å².